The van der Waals surface area contributed by atoms with Crippen molar-refractivity contribution in [1.82, 2.24) is 49.9 Å². The maximum absolute atomic E-state index is 13.9. The van der Waals surface area contributed by atoms with Gasteiger partial charge in [0.15, 0.2) is 17.4 Å². The average molecular weight is 1260 g/mol. The van der Waals surface area contributed by atoms with E-state index in [0.29, 0.717) is 36.4 Å². The average Bonchev–Trinajstić information content (AvgIpc) is 1.93. The van der Waals surface area contributed by atoms with E-state index in [9.17, 15) is 52.6 Å². The normalized spacial score (nSPS) is 25.7. The third-order valence-corrected chi connectivity index (χ3v) is 17.3. The number of rotatable bonds is 22. The lowest BCUT2D eigenvalue weighted by Crippen LogP contribution is -2.53. The van der Waals surface area contributed by atoms with Gasteiger partial charge in [0.2, 0.25) is 35.5 Å². The molecule has 1 aliphatic carbocycles. The van der Waals surface area contributed by atoms with Crippen LogP contribution in [0.15, 0.2) is 66.1 Å². The third kappa shape index (κ3) is 17.5. The number of imide groups is 1. The highest BCUT2D eigenvalue weighted by atomic mass is 32.7. The van der Waals surface area contributed by atoms with E-state index >= 15 is 0 Å². The summed E-state index contributed by atoms with van der Waals surface area (Å²) in [6, 6.07) is 6.11. The highest BCUT2D eigenvalue weighted by molar-refractivity contribution is 8.44. The maximum Gasteiger partial charge on any atom is 0.409 e. The summed E-state index contributed by atoms with van der Waals surface area (Å²) in [4.78, 5) is 123. The summed E-state index contributed by atoms with van der Waals surface area (Å²) in [5.41, 5.74) is -0.147. The van der Waals surface area contributed by atoms with Gasteiger partial charge in [-0.25, -0.2) is 28.9 Å². The minimum atomic E-state index is -4.35. The lowest BCUT2D eigenvalue weighted by atomic mass is 10.0. The fourth-order valence-corrected chi connectivity index (χ4v) is 12.6. The fraction of sp³-hybridized carbons (Fsp3) is 0.529. The SMILES string of the molecule is CC(C)[C@H](NC(=O)CCCCCN1C(=O)C=CC1=O)C(=O)N[C@@H](C)C(=O)Nc1ccc(COC(=O)N(C)CCCC(=O)Nc2nc3c(ncn3[C@@H]3O[C@@H]4CO[P@@](=O)(S)O[C@H]5C[C@H](Oc6ccncn6)C[C@@H]5COP(=O)(S)O[C@@H]3[C@@H]4O)c(=O)[nH]2)cc1. The summed E-state index contributed by atoms with van der Waals surface area (Å²) in [6.07, 6.45) is 0.760. The highest BCUT2D eigenvalue weighted by Crippen LogP contribution is 2.60. The maximum atomic E-state index is 13.9. The molecule has 1 saturated carbocycles. The van der Waals surface area contributed by atoms with E-state index in [-0.39, 0.29) is 99.2 Å². The summed E-state index contributed by atoms with van der Waals surface area (Å²) >= 11 is 8.38. The second-order valence-electron chi connectivity index (χ2n) is 20.9. The molecule has 6 heterocycles. The topological polar surface area (TPSA) is 382 Å². The molecule has 1 aromatic carbocycles. The van der Waals surface area contributed by atoms with Crippen LogP contribution in [0.25, 0.3) is 11.2 Å². The molecule has 2 bridgehead atoms. The molecule has 1 unspecified atom stereocenters. The van der Waals surface area contributed by atoms with Gasteiger partial charge in [-0.1, -0.05) is 56.9 Å². The molecule has 4 aliphatic rings. The molecule has 3 aromatic heterocycles. The number of carbonyl (C=O) groups is 7. The number of aliphatic hydroxyl groups is 1. The van der Waals surface area contributed by atoms with Gasteiger partial charge in [-0.2, -0.15) is 4.98 Å². The van der Waals surface area contributed by atoms with Gasteiger partial charge < -0.3 is 44.7 Å². The van der Waals surface area contributed by atoms with Crippen molar-refractivity contribution in [3.8, 4) is 5.88 Å². The molecule has 3 fully saturated rings. The third-order valence-electron chi connectivity index (χ3n) is 14.1. The zero-order valence-electron chi connectivity index (χ0n) is 46.5. The van der Waals surface area contributed by atoms with Crippen molar-refractivity contribution in [2.24, 2.45) is 11.8 Å². The summed E-state index contributed by atoms with van der Waals surface area (Å²) in [5.74, 6) is -3.59. The van der Waals surface area contributed by atoms with Crippen LogP contribution in [0.1, 0.15) is 83.9 Å². The van der Waals surface area contributed by atoms with E-state index in [1.54, 1.807) is 44.2 Å². The first-order chi connectivity index (χ1) is 40.4. The number of fused-ring (bicyclic) bond motifs is 4. The van der Waals surface area contributed by atoms with Crippen molar-refractivity contribution in [1.29, 1.82) is 0 Å². The lowest BCUT2D eigenvalue weighted by molar-refractivity contribution is -0.137. The quantitative estimate of drug-likeness (QED) is 0.0239. The number of carbonyl (C=O) groups excluding carboxylic acids is 7. The second kappa shape index (κ2) is 28.7. The molecule has 3 aliphatic heterocycles. The number of hydrogen-bond donors (Lipinski definition) is 8. The number of anilines is 2. The number of aliphatic hydroxyl groups excluding tert-OH is 1. The van der Waals surface area contributed by atoms with E-state index < -0.39 is 104 Å². The summed E-state index contributed by atoms with van der Waals surface area (Å²) in [6.45, 7) is -4.11. The van der Waals surface area contributed by atoms with Gasteiger partial charge in [0.25, 0.3) is 17.4 Å². The van der Waals surface area contributed by atoms with E-state index in [0.717, 1.165) is 11.2 Å². The van der Waals surface area contributed by atoms with Gasteiger partial charge in [-0.15, -0.1) is 0 Å². The van der Waals surface area contributed by atoms with Crippen molar-refractivity contribution in [3.05, 3.63) is 77.3 Å². The largest absolute Gasteiger partial charge is 0.474 e. The number of hydrogen-bond acceptors (Lipinski definition) is 22. The number of nitrogens with zero attached hydrogens (tertiary/aromatic N) is 7. The molecule has 0 spiro atoms. The number of ether oxygens (including phenoxy) is 3. The van der Waals surface area contributed by atoms with Crippen LogP contribution in [0.3, 0.4) is 0 Å². The Kier molecular flexibility index (Phi) is 21.8. The molecule has 7 amide bonds. The van der Waals surface area contributed by atoms with Crippen LogP contribution in [-0.4, -0.2) is 162 Å². The molecule has 34 heteroatoms. The first kappa shape index (κ1) is 64.4. The molecule has 2 saturated heterocycles. The van der Waals surface area contributed by atoms with Crippen LogP contribution in [0, 0.1) is 11.8 Å². The van der Waals surface area contributed by atoms with E-state index in [4.69, 9.17) is 32.3 Å². The Morgan fingerprint density at radius 2 is 1.58 bits per heavy atom. The van der Waals surface area contributed by atoms with Gasteiger partial charge in [-0.05, 0) is 56.2 Å². The Bertz CT molecular complexity index is 3270. The van der Waals surface area contributed by atoms with Gasteiger partial charge in [-0.3, -0.25) is 66.9 Å². The van der Waals surface area contributed by atoms with E-state index in [1.807, 2.05) is 0 Å². The van der Waals surface area contributed by atoms with Crippen LogP contribution in [0.4, 0.5) is 16.4 Å². The zero-order chi connectivity index (χ0) is 61.2. The number of benzene rings is 1. The molecule has 11 atom stereocenters. The lowest BCUT2D eigenvalue weighted by Gasteiger charge is -2.26. The van der Waals surface area contributed by atoms with Crippen molar-refractivity contribution < 1.29 is 80.1 Å². The molecule has 4 aromatic rings. The molecule has 460 valence electrons. The number of aromatic nitrogens is 6. The smallest absolute Gasteiger partial charge is 0.409 e. The predicted octanol–water partition coefficient (Wildman–Crippen LogP) is 3.98. The first-order valence-electron chi connectivity index (χ1n) is 27.2. The molecule has 85 heavy (non-hydrogen) atoms. The van der Waals surface area contributed by atoms with Gasteiger partial charge in [0.1, 0.15) is 49.4 Å². The Balaban J connectivity index is 0.771. The van der Waals surface area contributed by atoms with Crippen LogP contribution in [0.5, 0.6) is 5.88 Å². The Labute approximate surface area is 497 Å². The van der Waals surface area contributed by atoms with Crippen molar-refractivity contribution in [2.45, 2.75) is 128 Å². The summed E-state index contributed by atoms with van der Waals surface area (Å²) in [7, 11) is 1.48. The Hall–Kier alpha value is -6.60. The summed E-state index contributed by atoms with van der Waals surface area (Å²) < 4.78 is 69.2. The van der Waals surface area contributed by atoms with Gasteiger partial charge in [0, 0.05) is 75.4 Å². The number of nitrogens with one attached hydrogen (secondary N) is 5. The molecular weight excluding hydrogens is 1190 g/mol. The van der Waals surface area contributed by atoms with Crippen LogP contribution >= 0.6 is 38.1 Å². The molecule has 8 rings (SSSR count). The molecular formula is C51H66N12O18P2S2. The van der Waals surface area contributed by atoms with Crippen LogP contribution in [-0.2, 0) is 72.1 Å². The van der Waals surface area contributed by atoms with E-state index in [2.05, 4.69) is 70.7 Å². The van der Waals surface area contributed by atoms with Crippen molar-refractivity contribution >= 4 is 102 Å². The Morgan fingerprint density at radius 3 is 2.29 bits per heavy atom. The van der Waals surface area contributed by atoms with Crippen LogP contribution < -0.4 is 31.6 Å². The fourth-order valence-electron chi connectivity index (χ4n) is 9.55. The molecule has 0 radical (unpaired) electrons. The Morgan fingerprint density at radius 1 is 0.859 bits per heavy atom. The van der Waals surface area contributed by atoms with E-state index in [1.165, 1.54) is 48.1 Å². The van der Waals surface area contributed by atoms with Crippen molar-refractivity contribution in [3.63, 3.8) is 0 Å². The minimum absolute atomic E-state index is 0.0838. The predicted molar refractivity (Wildman–Crippen MR) is 307 cm³/mol. The van der Waals surface area contributed by atoms with Gasteiger partial charge >= 0.3 is 19.7 Å². The van der Waals surface area contributed by atoms with Crippen LogP contribution in [0.2, 0.25) is 0 Å². The summed E-state index contributed by atoms with van der Waals surface area (Å²) in [5, 5.41) is 22.1. The number of thiol groups is 2. The van der Waals surface area contributed by atoms with Gasteiger partial charge in [0.05, 0.1) is 25.6 Å². The minimum Gasteiger partial charge on any atom is -0.474 e. The number of unbranched alkanes of at least 4 members (excludes halogenated alkanes) is 2. The zero-order valence-corrected chi connectivity index (χ0v) is 50.1. The molecule has 6 N–H and O–H groups in total. The molecule has 30 nitrogen and oxygen atoms in total. The number of aromatic amines is 1. The standard InChI is InChI=1S/C51H66N12O18P2S2/c1-28(2)41(57-36(64)9-6-5-7-20-62-39(66)15-16-40(62)67)47(70)55-29(3)46(69)56-32-13-11-30(12-14-32)23-75-51(72)61(4)19-8-10-37(65)58-50-59-45-42(48(71)60-50)54-27-63(45)49-44-43(68)35(79-49)25-77-82(73,84)80-34-22-33(78-38-17-18-52-26-53-38)21-31(34)24-76-83(74,85)81-44/h11-18,26-29,31,33-35,41,43-44,49,68H,5-10,19-25H2,1-4H3,(H,55,70)(H,56,69)(H,57,64)(H,73,84)(H,74,85)(H2,58,59,60,65,71)/t29-,31+,33+,34-,35+,41-,43+,44+,49+,82+,83?/m0/s1. The second-order valence-corrected chi connectivity index (χ2v) is 26.6. The number of H-pyrrole nitrogens is 1. The monoisotopic (exact) mass is 1260 g/mol. The highest BCUT2D eigenvalue weighted by Gasteiger charge is 2.51. The number of imidazole rings is 1. The first-order valence-corrected chi connectivity index (χ1v) is 32.6. The van der Waals surface area contributed by atoms with Crippen molar-refractivity contribution in [2.75, 3.05) is 44.0 Å². The number of amides is 7.